The molecule has 0 aliphatic heterocycles. The number of pyridine rings is 2. The molecule has 0 saturated heterocycles. The van der Waals surface area contributed by atoms with Crippen LogP contribution in [0.25, 0.3) is 10.9 Å². The Morgan fingerprint density at radius 1 is 0.706 bits per heavy atom. The molecular weight excluding hydrogens is 429 g/mol. The summed E-state index contributed by atoms with van der Waals surface area (Å²) in [5.41, 5.74) is 5.16. The molecule has 5 rings (SSSR count). The lowest BCUT2D eigenvalue weighted by Crippen LogP contribution is -2.11. The zero-order chi connectivity index (χ0) is 23.3. The summed E-state index contributed by atoms with van der Waals surface area (Å²) < 4.78 is 13.7. The molecule has 3 aromatic carbocycles. The average Bonchev–Trinajstić information content (AvgIpc) is 2.86. The van der Waals surface area contributed by atoms with Crippen LogP contribution in [0.15, 0.2) is 104 Å². The molecule has 0 unspecified atom stereocenters. The lowest BCUT2D eigenvalue weighted by Gasteiger charge is -2.11. The van der Waals surface area contributed by atoms with Gasteiger partial charge in [0.05, 0.1) is 5.52 Å². The van der Waals surface area contributed by atoms with E-state index in [4.69, 9.17) is 0 Å². The summed E-state index contributed by atoms with van der Waals surface area (Å²) in [5.74, 6) is -0.542. The summed E-state index contributed by atoms with van der Waals surface area (Å²) in [7, 11) is 0. The Morgan fingerprint density at radius 2 is 1.47 bits per heavy atom. The van der Waals surface area contributed by atoms with Crippen LogP contribution in [0.2, 0.25) is 0 Å². The smallest absolute Gasteiger partial charge is 0.255 e. The van der Waals surface area contributed by atoms with Gasteiger partial charge in [-0.3, -0.25) is 14.8 Å². The molecule has 0 fully saturated rings. The molecule has 166 valence electrons. The molecule has 0 radical (unpaired) electrons. The minimum absolute atomic E-state index is 0.218. The second kappa shape index (κ2) is 9.38. The van der Waals surface area contributed by atoms with Crippen molar-refractivity contribution >= 4 is 45.2 Å². The van der Waals surface area contributed by atoms with E-state index in [9.17, 15) is 9.18 Å². The molecule has 1 amide bonds. The lowest BCUT2D eigenvalue weighted by atomic mass is 10.1. The molecule has 0 spiro atoms. The van der Waals surface area contributed by atoms with E-state index in [1.807, 2.05) is 48.5 Å². The molecule has 7 heteroatoms. The van der Waals surface area contributed by atoms with Crippen molar-refractivity contribution in [3.8, 4) is 0 Å². The van der Waals surface area contributed by atoms with E-state index in [0.29, 0.717) is 22.2 Å². The summed E-state index contributed by atoms with van der Waals surface area (Å²) >= 11 is 0. The van der Waals surface area contributed by atoms with Gasteiger partial charge < -0.3 is 16.0 Å². The second-order valence-electron chi connectivity index (χ2n) is 7.62. The van der Waals surface area contributed by atoms with Crippen molar-refractivity contribution in [3.05, 3.63) is 115 Å². The predicted molar refractivity (Wildman–Crippen MR) is 133 cm³/mol. The standard InChI is InChI=1S/C27H20FN5O/c28-19-6-9-25-24(16-19)26(12-15-30-25)32-20-7-4-18(5-8-20)27(34)33-23-3-1-2-22(17-23)31-21-10-13-29-14-11-21/h1-17H,(H,29,31)(H,30,32)(H,33,34). The van der Waals surface area contributed by atoms with Gasteiger partial charge in [-0.05, 0) is 78.9 Å². The third-order valence-electron chi connectivity index (χ3n) is 5.22. The monoisotopic (exact) mass is 449 g/mol. The van der Waals surface area contributed by atoms with E-state index in [0.717, 1.165) is 22.7 Å². The highest BCUT2D eigenvalue weighted by Gasteiger charge is 2.08. The molecule has 5 aromatic rings. The van der Waals surface area contributed by atoms with E-state index in [1.165, 1.54) is 12.1 Å². The Bertz CT molecular complexity index is 1460. The van der Waals surface area contributed by atoms with Crippen molar-refractivity contribution in [1.82, 2.24) is 9.97 Å². The molecule has 2 heterocycles. The van der Waals surface area contributed by atoms with Crippen LogP contribution in [-0.2, 0) is 0 Å². The van der Waals surface area contributed by atoms with E-state index in [1.54, 1.807) is 42.9 Å². The predicted octanol–water partition coefficient (Wildman–Crippen LogP) is 6.51. The van der Waals surface area contributed by atoms with Crippen LogP contribution in [0.1, 0.15) is 10.4 Å². The Kier molecular flexibility index (Phi) is 5.82. The number of anilines is 5. The number of hydrogen-bond acceptors (Lipinski definition) is 5. The minimum atomic E-state index is -0.324. The lowest BCUT2D eigenvalue weighted by molar-refractivity contribution is 0.102. The highest BCUT2D eigenvalue weighted by atomic mass is 19.1. The normalized spacial score (nSPS) is 10.6. The van der Waals surface area contributed by atoms with Gasteiger partial charge in [0.2, 0.25) is 0 Å². The molecule has 0 aliphatic carbocycles. The number of nitrogens with one attached hydrogen (secondary N) is 3. The van der Waals surface area contributed by atoms with Gasteiger partial charge >= 0.3 is 0 Å². The Balaban J connectivity index is 1.27. The largest absolute Gasteiger partial charge is 0.355 e. The molecule has 3 N–H and O–H groups in total. The number of aromatic nitrogens is 2. The van der Waals surface area contributed by atoms with Crippen LogP contribution in [-0.4, -0.2) is 15.9 Å². The quantitative estimate of drug-likeness (QED) is 0.275. The van der Waals surface area contributed by atoms with Crippen LogP contribution in [0, 0.1) is 5.82 Å². The SMILES string of the molecule is O=C(Nc1cccc(Nc2ccncc2)c1)c1ccc(Nc2ccnc3ccc(F)cc23)cc1. The number of rotatable bonds is 6. The van der Waals surface area contributed by atoms with Gasteiger partial charge in [0.15, 0.2) is 0 Å². The first-order valence-corrected chi connectivity index (χ1v) is 10.6. The van der Waals surface area contributed by atoms with Gasteiger partial charge in [0.1, 0.15) is 5.82 Å². The maximum atomic E-state index is 13.7. The van der Waals surface area contributed by atoms with Crippen LogP contribution in [0.4, 0.5) is 32.8 Å². The molecule has 2 aromatic heterocycles. The highest BCUT2D eigenvalue weighted by molar-refractivity contribution is 6.04. The fourth-order valence-electron chi connectivity index (χ4n) is 3.57. The second-order valence-corrected chi connectivity index (χ2v) is 7.62. The van der Waals surface area contributed by atoms with E-state index >= 15 is 0 Å². The van der Waals surface area contributed by atoms with Crippen molar-refractivity contribution < 1.29 is 9.18 Å². The average molecular weight is 449 g/mol. The Labute approximate surface area is 195 Å². The van der Waals surface area contributed by atoms with Gasteiger partial charge in [-0.2, -0.15) is 0 Å². The zero-order valence-corrected chi connectivity index (χ0v) is 18.0. The molecular formula is C27H20FN5O. The van der Waals surface area contributed by atoms with E-state index in [2.05, 4.69) is 25.9 Å². The highest BCUT2D eigenvalue weighted by Crippen LogP contribution is 2.26. The van der Waals surface area contributed by atoms with Gasteiger partial charge in [0, 0.05) is 58.0 Å². The maximum absolute atomic E-state index is 13.7. The summed E-state index contributed by atoms with van der Waals surface area (Å²) in [4.78, 5) is 21.0. The molecule has 0 bridgehead atoms. The minimum Gasteiger partial charge on any atom is -0.355 e. The number of fused-ring (bicyclic) bond motifs is 1. The zero-order valence-electron chi connectivity index (χ0n) is 18.0. The molecule has 0 saturated carbocycles. The Hall–Kier alpha value is -4.78. The molecule has 6 nitrogen and oxygen atoms in total. The molecule has 0 atom stereocenters. The van der Waals surface area contributed by atoms with Gasteiger partial charge in [-0.15, -0.1) is 0 Å². The van der Waals surface area contributed by atoms with Crippen LogP contribution in [0.3, 0.4) is 0 Å². The first kappa shape index (κ1) is 21.1. The fourth-order valence-corrected chi connectivity index (χ4v) is 3.57. The van der Waals surface area contributed by atoms with Gasteiger partial charge in [0.25, 0.3) is 5.91 Å². The van der Waals surface area contributed by atoms with Crippen LogP contribution in [0.5, 0.6) is 0 Å². The van der Waals surface area contributed by atoms with Crippen LogP contribution >= 0.6 is 0 Å². The summed E-state index contributed by atoms with van der Waals surface area (Å²) in [6.07, 6.45) is 5.09. The Morgan fingerprint density at radius 3 is 2.29 bits per heavy atom. The van der Waals surface area contributed by atoms with Crippen molar-refractivity contribution in [2.24, 2.45) is 0 Å². The summed E-state index contributed by atoms with van der Waals surface area (Å²) in [6.45, 7) is 0. The molecule has 0 aliphatic rings. The van der Waals surface area contributed by atoms with E-state index < -0.39 is 0 Å². The number of amides is 1. The first-order chi connectivity index (χ1) is 16.6. The maximum Gasteiger partial charge on any atom is 0.255 e. The molecule has 34 heavy (non-hydrogen) atoms. The summed E-state index contributed by atoms with van der Waals surface area (Å²) in [6, 6.07) is 24.6. The number of nitrogens with zero attached hydrogens (tertiary/aromatic N) is 2. The first-order valence-electron chi connectivity index (χ1n) is 10.6. The van der Waals surface area contributed by atoms with E-state index in [-0.39, 0.29) is 11.7 Å². The number of hydrogen-bond donors (Lipinski definition) is 3. The van der Waals surface area contributed by atoms with Gasteiger partial charge in [-0.25, -0.2) is 4.39 Å². The number of benzene rings is 3. The van der Waals surface area contributed by atoms with Gasteiger partial charge in [-0.1, -0.05) is 6.07 Å². The van der Waals surface area contributed by atoms with Crippen molar-refractivity contribution in [3.63, 3.8) is 0 Å². The van der Waals surface area contributed by atoms with Crippen molar-refractivity contribution in [2.75, 3.05) is 16.0 Å². The topological polar surface area (TPSA) is 78.9 Å². The number of halogens is 1. The third kappa shape index (κ3) is 4.83. The number of carbonyl (C=O) groups excluding carboxylic acids is 1. The third-order valence-corrected chi connectivity index (χ3v) is 5.22. The fraction of sp³-hybridized carbons (Fsp3) is 0. The number of carbonyl (C=O) groups is 1. The summed E-state index contributed by atoms with van der Waals surface area (Å²) in [5, 5.41) is 10.2. The van der Waals surface area contributed by atoms with Crippen molar-refractivity contribution in [1.29, 1.82) is 0 Å². The van der Waals surface area contributed by atoms with Crippen LogP contribution < -0.4 is 16.0 Å². The van der Waals surface area contributed by atoms with Crippen molar-refractivity contribution in [2.45, 2.75) is 0 Å².